The molecule has 0 aliphatic rings. The van der Waals surface area contributed by atoms with Crippen molar-refractivity contribution in [2.75, 3.05) is 10.6 Å². The minimum atomic E-state index is -0.285. The molecule has 8 heteroatoms. The number of hydrogen-bond donors (Lipinski definition) is 3. The summed E-state index contributed by atoms with van der Waals surface area (Å²) >= 11 is 0. The Hall–Kier alpha value is -3.29. The molecule has 3 N–H and O–H groups in total. The predicted octanol–water partition coefficient (Wildman–Crippen LogP) is 2.79. The average molecular weight is 337 g/mol. The molecule has 0 radical (unpaired) electrons. The van der Waals surface area contributed by atoms with Gasteiger partial charge in [-0.2, -0.15) is 4.98 Å². The van der Waals surface area contributed by atoms with Crippen molar-refractivity contribution in [3.63, 3.8) is 0 Å². The Morgan fingerprint density at radius 3 is 2.72 bits per heavy atom. The molecule has 2 heterocycles. The molecule has 1 aromatic carbocycles. The highest BCUT2D eigenvalue weighted by Gasteiger charge is 2.11. The van der Waals surface area contributed by atoms with E-state index in [0.29, 0.717) is 23.1 Å². The Balaban J connectivity index is 1.68. The van der Waals surface area contributed by atoms with Crippen molar-refractivity contribution in [3.05, 3.63) is 54.1 Å². The molecular weight excluding hydrogens is 318 g/mol. The first-order chi connectivity index (χ1) is 12.1. The van der Waals surface area contributed by atoms with Crippen molar-refractivity contribution >= 4 is 23.5 Å². The number of hydrogen-bond acceptors (Lipinski definition) is 6. The van der Waals surface area contributed by atoms with Gasteiger partial charge in [-0.15, -0.1) is 5.10 Å². The molecule has 128 valence electrons. The molecule has 8 nitrogen and oxygen atoms in total. The topological polar surface area (TPSA) is 108 Å². The van der Waals surface area contributed by atoms with Crippen molar-refractivity contribution in [2.24, 2.45) is 5.92 Å². The number of nitrogens with one attached hydrogen (secondary N) is 3. The molecule has 0 bridgehead atoms. The quantitative estimate of drug-likeness (QED) is 0.638. The van der Waals surface area contributed by atoms with E-state index in [1.54, 1.807) is 36.7 Å². The molecule has 0 aliphatic carbocycles. The van der Waals surface area contributed by atoms with Crippen LogP contribution >= 0.6 is 0 Å². The zero-order valence-corrected chi connectivity index (χ0v) is 14.0. The highest BCUT2D eigenvalue weighted by atomic mass is 16.1. The van der Waals surface area contributed by atoms with Gasteiger partial charge in [-0.25, -0.2) is 9.97 Å². The van der Waals surface area contributed by atoms with Crippen LogP contribution in [0.4, 0.5) is 17.6 Å². The van der Waals surface area contributed by atoms with Crippen molar-refractivity contribution < 1.29 is 4.79 Å². The number of nitrogens with zero attached hydrogens (tertiary/aromatic N) is 4. The van der Waals surface area contributed by atoms with E-state index in [4.69, 9.17) is 0 Å². The number of amides is 1. The summed E-state index contributed by atoms with van der Waals surface area (Å²) in [5.74, 6) is 1.66. The molecule has 0 spiro atoms. The lowest BCUT2D eigenvalue weighted by molar-refractivity contribution is 0.102. The standard InChI is InChI=1S/C17H19N7O/c1-11(2)9-14-21-17(24-23-14)22-15(25)12-5-3-6-13(10-12)20-16-18-7-4-8-19-16/h3-8,10-11H,9H2,1-2H3,(H,18,19,20)(H2,21,22,23,24,25). The lowest BCUT2D eigenvalue weighted by Crippen LogP contribution is -2.13. The second-order valence-electron chi connectivity index (χ2n) is 5.94. The highest BCUT2D eigenvalue weighted by Crippen LogP contribution is 2.15. The smallest absolute Gasteiger partial charge is 0.258 e. The first-order valence-corrected chi connectivity index (χ1v) is 7.97. The lowest BCUT2D eigenvalue weighted by Gasteiger charge is -2.06. The van der Waals surface area contributed by atoms with Crippen LogP contribution in [0, 0.1) is 5.92 Å². The molecule has 0 saturated heterocycles. The molecule has 0 aliphatic heterocycles. The van der Waals surface area contributed by atoms with Crippen molar-refractivity contribution in [1.82, 2.24) is 25.1 Å². The molecule has 3 rings (SSSR count). The van der Waals surface area contributed by atoms with E-state index in [9.17, 15) is 4.79 Å². The number of anilines is 3. The summed E-state index contributed by atoms with van der Waals surface area (Å²) in [4.78, 5) is 24.8. The molecule has 25 heavy (non-hydrogen) atoms. The molecule has 1 amide bonds. The Bertz CT molecular complexity index is 845. The lowest BCUT2D eigenvalue weighted by atomic mass is 10.1. The number of rotatable bonds is 6. The van der Waals surface area contributed by atoms with Gasteiger partial charge in [-0.3, -0.25) is 15.2 Å². The zero-order chi connectivity index (χ0) is 17.6. The van der Waals surface area contributed by atoms with E-state index < -0.39 is 0 Å². The summed E-state index contributed by atoms with van der Waals surface area (Å²) in [5.41, 5.74) is 1.20. The maximum atomic E-state index is 12.4. The van der Waals surface area contributed by atoms with E-state index >= 15 is 0 Å². The normalized spacial score (nSPS) is 10.7. The first kappa shape index (κ1) is 16.6. The number of carbonyl (C=O) groups is 1. The zero-order valence-electron chi connectivity index (χ0n) is 14.0. The average Bonchev–Trinajstić information content (AvgIpc) is 3.02. The minimum absolute atomic E-state index is 0.269. The molecule has 0 saturated carbocycles. The van der Waals surface area contributed by atoms with Gasteiger partial charge in [-0.1, -0.05) is 19.9 Å². The summed E-state index contributed by atoms with van der Waals surface area (Å²) < 4.78 is 0. The number of aromatic nitrogens is 5. The molecule has 0 fully saturated rings. The van der Waals surface area contributed by atoms with Gasteiger partial charge in [0.2, 0.25) is 11.9 Å². The third-order valence-corrected chi connectivity index (χ3v) is 3.31. The van der Waals surface area contributed by atoms with Crippen LogP contribution in [0.25, 0.3) is 0 Å². The largest absolute Gasteiger partial charge is 0.324 e. The van der Waals surface area contributed by atoms with Gasteiger partial charge in [-0.05, 0) is 30.2 Å². The summed E-state index contributed by atoms with van der Waals surface area (Å²) in [7, 11) is 0. The fraction of sp³-hybridized carbons (Fsp3) is 0.235. The Kier molecular flexibility index (Phi) is 4.98. The van der Waals surface area contributed by atoms with E-state index in [1.165, 1.54) is 0 Å². The predicted molar refractivity (Wildman–Crippen MR) is 94.6 cm³/mol. The molecular formula is C17H19N7O. The van der Waals surface area contributed by atoms with Gasteiger partial charge in [0.15, 0.2) is 0 Å². The second-order valence-corrected chi connectivity index (χ2v) is 5.94. The number of carbonyl (C=O) groups excluding carboxylic acids is 1. The van der Waals surface area contributed by atoms with Crippen LogP contribution in [0.1, 0.15) is 30.0 Å². The Morgan fingerprint density at radius 2 is 1.96 bits per heavy atom. The molecule has 2 aromatic heterocycles. The van der Waals surface area contributed by atoms with Crippen LogP contribution < -0.4 is 10.6 Å². The van der Waals surface area contributed by atoms with Crippen molar-refractivity contribution in [3.8, 4) is 0 Å². The van der Waals surface area contributed by atoms with Gasteiger partial charge in [0.1, 0.15) is 5.82 Å². The molecule has 0 atom stereocenters. The van der Waals surface area contributed by atoms with Crippen LogP contribution in [0.15, 0.2) is 42.7 Å². The maximum absolute atomic E-state index is 12.4. The van der Waals surface area contributed by atoms with E-state index in [-0.39, 0.29) is 11.9 Å². The van der Waals surface area contributed by atoms with Crippen molar-refractivity contribution in [2.45, 2.75) is 20.3 Å². The van der Waals surface area contributed by atoms with Gasteiger partial charge in [0.05, 0.1) is 0 Å². The van der Waals surface area contributed by atoms with Gasteiger partial charge >= 0.3 is 0 Å². The highest BCUT2D eigenvalue weighted by molar-refractivity contribution is 6.03. The number of H-pyrrole nitrogens is 1. The Morgan fingerprint density at radius 1 is 1.16 bits per heavy atom. The SMILES string of the molecule is CC(C)Cc1nc(NC(=O)c2cccc(Nc3ncccn3)c2)n[nH]1. The molecule has 0 unspecified atom stereocenters. The number of benzene rings is 1. The van der Waals surface area contributed by atoms with E-state index in [2.05, 4.69) is 49.6 Å². The third kappa shape index (κ3) is 4.60. The first-order valence-electron chi connectivity index (χ1n) is 7.97. The van der Waals surface area contributed by atoms with Gasteiger partial charge < -0.3 is 5.32 Å². The van der Waals surface area contributed by atoms with E-state index in [0.717, 1.165) is 12.2 Å². The van der Waals surface area contributed by atoms with Crippen LogP contribution in [-0.2, 0) is 6.42 Å². The second kappa shape index (κ2) is 7.52. The minimum Gasteiger partial charge on any atom is -0.324 e. The fourth-order valence-corrected chi connectivity index (χ4v) is 2.23. The van der Waals surface area contributed by atoms with Crippen LogP contribution in [0.5, 0.6) is 0 Å². The maximum Gasteiger partial charge on any atom is 0.258 e. The number of aromatic amines is 1. The van der Waals surface area contributed by atoms with Crippen LogP contribution in [-0.4, -0.2) is 31.1 Å². The fourth-order valence-electron chi connectivity index (χ4n) is 2.23. The monoisotopic (exact) mass is 337 g/mol. The summed E-state index contributed by atoms with van der Waals surface area (Å²) in [6.07, 6.45) is 4.06. The molecule has 3 aromatic rings. The van der Waals surface area contributed by atoms with Crippen molar-refractivity contribution in [1.29, 1.82) is 0 Å². The van der Waals surface area contributed by atoms with Crippen LogP contribution in [0.3, 0.4) is 0 Å². The van der Waals surface area contributed by atoms with E-state index in [1.807, 2.05) is 6.07 Å². The van der Waals surface area contributed by atoms with Gasteiger partial charge in [0.25, 0.3) is 5.91 Å². The third-order valence-electron chi connectivity index (χ3n) is 3.31. The summed E-state index contributed by atoms with van der Waals surface area (Å²) in [6.45, 7) is 4.19. The Labute approximate surface area is 145 Å². The van der Waals surface area contributed by atoms with Gasteiger partial charge in [0, 0.05) is 30.1 Å². The summed E-state index contributed by atoms with van der Waals surface area (Å²) in [6, 6.07) is 8.78. The summed E-state index contributed by atoms with van der Waals surface area (Å²) in [5, 5.41) is 12.6. The van der Waals surface area contributed by atoms with Crippen LogP contribution in [0.2, 0.25) is 0 Å².